The molecule has 2 rings (SSSR count). The lowest BCUT2D eigenvalue weighted by Crippen LogP contribution is -2.09. The summed E-state index contributed by atoms with van der Waals surface area (Å²) in [6, 6.07) is 3.17. The Morgan fingerprint density at radius 2 is 2.15 bits per heavy atom. The zero-order valence-corrected chi connectivity index (χ0v) is 10.6. The van der Waals surface area contributed by atoms with E-state index in [2.05, 4.69) is 20.0 Å². The smallest absolute Gasteiger partial charge is 0.358 e. The number of anilines is 1. The topological polar surface area (TPSA) is 64.1 Å². The number of benzene rings is 1. The highest BCUT2D eigenvalue weighted by molar-refractivity contribution is 5.87. The average Bonchev–Trinajstić information content (AvgIpc) is 2.47. The van der Waals surface area contributed by atoms with E-state index in [1.807, 2.05) is 0 Å². The number of rotatable bonds is 4. The van der Waals surface area contributed by atoms with Crippen LogP contribution in [-0.4, -0.2) is 23.0 Å². The van der Waals surface area contributed by atoms with Gasteiger partial charge in [-0.25, -0.2) is 18.6 Å². The van der Waals surface area contributed by atoms with E-state index in [1.54, 1.807) is 0 Å². The summed E-state index contributed by atoms with van der Waals surface area (Å²) < 4.78 is 30.9. The summed E-state index contributed by atoms with van der Waals surface area (Å²) in [6.45, 7) is 0.0168. The summed E-state index contributed by atoms with van der Waals surface area (Å²) in [6.07, 6.45) is 2.61. The van der Waals surface area contributed by atoms with Gasteiger partial charge in [-0.3, -0.25) is 4.98 Å². The van der Waals surface area contributed by atoms with Gasteiger partial charge in [-0.1, -0.05) is 0 Å². The minimum absolute atomic E-state index is 0.0168. The molecule has 0 amide bonds. The lowest BCUT2D eigenvalue weighted by atomic mass is 10.2. The molecule has 1 N–H and O–H groups in total. The number of hydrogen-bond acceptors (Lipinski definition) is 5. The molecule has 0 radical (unpaired) electrons. The van der Waals surface area contributed by atoms with E-state index < -0.39 is 17.6 Å². The van der Waals surface area contributed by atoms with Gasteiger partial charge in [0.25, 0.3) is 0 Å². The van der Waals surface area contributed by atoms with Crippen molar-refractivity contribution >= 4 is 11.8 Å². The van der Waals surface area contributed by atoms with Crippen LogP contribution in [0.5, 0.6) is 0 Å². The number of nitrogens with zero attached hydrogens (tertiary/aromatic N) is 2. The van der Waals surface area contributed by atoms with Crippen molar-refractivity contribution in [2.24, 2.45) is 0 Å². The van der Waals surface area contributed by atoms with E-state index >= 15 is 0 Å². The molecule has 1 aromatic carbocycles. The zero-order chi connectivity index (χ0) is 14.5. The van der Waals surface area contributed by atoms with Crippen molar-refractivity contribution in [2.45, 2.75) is 6.54 Å². The predicted octanol–water partition coefficient (Wildman–Crippen LogP) is 2.15. The fraction of sp³-hybridized carbons (Fsp3) is 0.154. The Kier molecular flexibility index (Phi) is 4.19. The highest BCUT2D eigenvalue weighted by Gasteiger charge is 2.09. The number of methoxy groups -OCH3 is 1. The second kappa shape index (κ2) is 6.05. The van der Waals surface area contributed by atoms with Gasteiger partial charge in [0, 0.05) is 12.1 Å². The first-order valence-electron chi connectivity index (χ1n) is 5.68. The summed E-state index contributed by atoms with van der Waals surface area (Å²) in [4.78, 5) is 19.0. The third-order valence-corrected chi connectivity index (χ3v) is 2.50. The van der Waals surface area contributed by atoms with E-state index in [-0.39, 0.29) is 23.6 Å². The number of aromatic nitrogens is 2. The molecular weight excluding hydrogens is 268 g/mol. The second-order valence-corrected chi connectivity index (χ2v) is 3.87. The van der Waals surface area contributed by atoms with E-state index in [9.17, 15) is 13.6 Å². The van der Waals surface area contributed by atoms with Crippen molar-refractivity contribution in [1.29, 1.82) is 0 Å². The SMILES string of the molecule is COC(=O)c1cncc(NCc2cc(F)ccc2F)n1. The molecule has 1 heterocycles. The summed E-state index contributed by atoms with van der Waals surface area (Å²) >= 11 is 0. The average molecular weight is 279 g/mol. The van der Waals surface area contributed by atoms with Gasteiger partial charge in [-0.2, -0.15) is 0 Å². The number of hydrogen-bond donors (Lipinski definition) is 1. The van der Waals surface area contributed by atoms with Crippen LogP contribution >= 0.6 is 0 Å². The molecule has 0 fully saturated rings. The molecule has 104 valence electrons. The van der Waals surface area contributed by atoms with Crippen LogP contribution in [0, 0.1) is 11.6 Å². The van der Waals surface area contributed by atoms with Crippen LogP contribution < -0.4 is 5.32 Å². The van der Waals surface area contributed by atoms with Crippen LogP contribution in [0.25, 0.3) is 0 Å². The molecule has 20 heavy (non-hydrogen) atoms. The Hall–Kier alpha value is -2.57. The molecule has 0 unspecified atom stereocenters. The van der Waals surface area contributed by atoms with Crippen LogP contribution in [0.15, 0.2) is 30.6 Å². The summed E-state index contributed by atoms with van der Waals surface area (Å²) in [5, 5.41) is 2.76. The van der Waals surface area contributed by atoms with Crippen LogP contribution in [0.3, 0.4) is 0 Å². The Morgan fingerprint density at radius 1 is 1.35 bits per heavy atom. The first kappa shape index (κ1) is 13.9. The number of carbonyl (C=O) groups excluding carboxylic acids is 1. The van der Waals surface area contributed by atoms with Crippen molar-refractivity contribution in [2.75, 3.05) is 12.4 Å². The van der Waals surface area contributed by atoms with E-state index in [0.717, 1.165) is 18.2 Å². The first-order chi connectivity index (χ1) is 9.60. The Labute approximate surface area is 113 Å². The van der Waals surface area contributed by atoms with Crippen LogP contribution in [0.4, 0.5) is 14.6 Å². The lowest BCUT2D eigenvalue weighted by molar-refractivity contribution is 0.0593. The van der Waals surface area contributed by atoms with Crippen molar-refractivity contribution in [3.8, 4) is 0 Å². The first-order valence-corrected chi connectivity index (χ1v) is 5.68. The van der Waals surface area contributed by atoms with E-state index in [4.69, 9.17) is 0 Å². The Bertz CT molecular complexity index is 635. The molecule has 2 aromatic rings. The molecule has 0 aliphatic carbocycles. The molecule has 7 heteroatoms. The van der Waals surface area contributed by atoms with Gasteiger partial charge >= 0.3 is 5.97 Å². The largest absolute Gasteiger partial charge is 0.464 e. The van der Waals surface area contributed by atoms with Gasteiger partial charge in [0.15, 0.2) is 5.69 Å². The number of ether oxygens (including phenoxy) is 1. The molecule has 1 aromatic heterocycles. The summed E-state index contributed by atoms with van der Waals surface area (Å²) in [7, 11) is 1.23. The van der Waals surface area contributed by atoms with Crippen molar-refractivity contribution in [3.63, 3.8) is 0 Å². The number of halogens is 2. The maximum Gasteiger partial charge on any atom is 0.358 e. The highest BCUT2D eigenvalue weighted by Crippen LogP contribution is 2.12. The van der Waals surface area contributed by atoms with Gasteiger partial charge in [0.2, 0.25) is 0 Å². The minimum atomic E-state index is -0.627. The normalized spacial score (nSPS) is 10.2. The minimum Gasteiger partial charge on any atom is -0.464 e. The monoisotopic (exact) mass is 279 g/mol. The van der Waals surface area contributed by atoms with E-state index in [1.165, 1.54) is 19.5 Å². The van der Waals surface area contributed by atoms with Crippen LogP contribution in [-0.2, 0) is 11.3 Å². The third kappa shape index (κ3) is 3.25. The Morgan fingerprint density at radius 3 is 2.90 bits per heavy atom. The quantitative estimate of drug-likeness (QED) is 0.869. The summed E-state index contributed by atoms with van der Waals surface area (Å²) in [5.41, 5.74) is 0.174. The molecule has 0 saturated heterocycles. The van der Waals surface area contributed by atoms with Crippen molar-refractivity contribution in [1.82, 2.24) is 9.97 Å². The van der Waals surface area contributed by atoms with Gasteiger partial charge in [-0.15, -0.1) is 0 Å². The standard InChI is InChI=1S/C13H11F2N3O2/c1-20-13(19)11-6-16-7-12(18-11)17-5-8-4-9(14)2-3-10(8)15/h2-4,6-7H,5H2,1H3,(H,17,18). The zero-order valence-electron chi connectivity index (χ0n) is 10.6. The molecule has 0 atom stereocenters. The maximum atomic E-state index is 13.4. The molecule has 0 aliphatic rings. The van der Waals surface area contributed by atoms with Crippen molar-refractivity contribution < 1.29 is 18.3 Å². The number of carbonyl (C=O) groups is 1. The highest BCUT2D eigenvalue weighted by atomic mass is 19.1. The van der Waals surface area contributed by atoms with E-state index in [0.29, 0.717) is 0 Å². The molecule has 5 nitrogen and oxygen atoms in total. The van der Waals surface area contributed by atoms with Gasteiger partial charge < -0.3 is 10.1 Å². The molecule has 0 saturated carbocycles. The number of esters is 1. The number of nitrogens with one attached hydrogen (secondary N) is 1. The third-order valence-electron chi connectivity index (χ3n) is 2.50. The molecule has 0 bridgehead atoms. The lowest BCUT2D eigenvalue weighted by Gasteiger charge is -2.07. The second-order valence-electron chi connectivity index (χ2n) is 3.87. The fourth-order valence-electron chi connectivity index (χ4n) is 1.52. The van der Waals surface area contributed by atoms with Crippen molar-refractivity contribution in [3.05, 3.63) is 53.5 Å². The molecule has 0 spiro atoms. The van der Waals surface area contributed by atoms with Gasteiger partial charge in [0.05, 0.1) is 19.5 Å². The van der Waals surface area contributed by atoms with Gasteiger partial charge in [0.1, 0.15) is 17.5 Å². The maximum absolute atomic E-state index is 13.4. The summed E-state index contributed by atoms with van der Waals surface area (Å²) in [5.74, 6) is -1.43. The fourth-order valence-corrected chi connectivity index (χ4v) is 1.52. The molecular formula is C13H11F2N3O2. The Balaban J connectivity index is 2.11. The van der Waals surface area contributed by atoms with Crippen LogP contribution in [0.1, 0.15) is 16.1 Å². The predicted molar refractivity (Wildman–Crippen MR) is 67.1 cm³/mol. The molecule has 0 aliphatic heterocycles. The van der Waals surface area contributed by atoms with Gasteiger partial charge in [-0.05, 0) is 18.2 Å². The van der Waals surface area contributed by atoms with Crippen LogP contribution in [0.2, 0.25) is 0 Å².